The third kappa shape index (κ3) is 3.95. The Morgan fingerprint density at radius 1 is 1.17 bits per heavy atom. The normalized spacial score (nSPS) is 15.3. The molecule has 1 aliphatic rings. The number of carbonyl (C=O) groups excluding carboxylic acids is 1. The number of rotatable bonds is 4. The second-order valence-corrected chi connectivity index (χ2v) is 6.58. The van der Waals surface area contributed by atoms with Crippen LogP contribution in [0.4, 0.5) is 11.4 Å². The molecule has 24 heavy (non-hydrogen) atoms. The molecule has 0 aliphatic carbocycles. The van der Waals surface area contributed by atoms with Crippen molar-refractivity contribution >= 4 is 17.3 Å². The fourth-order valence-corrected chi connectivity index (χ4v) is 3.04. The van der Waals surface area contributed by atoms with Crippen LogP contribution in [0.3, 0.4) is 0 Å². The summed E-state index contributed by atoms with van der Waals surface area (Å²) in [5.74, 6) is 0.712. The molecule has 126 valence electrons. The Kier molecular flexibility index (Phi) is 5.16. The molecule has 4 nitrogen and oxygen atoms in total. The maximum absolute atomic E-state index is 12.4. The largest absolute Gasteiger partial charge is 0.371 e. The quantitative estimate of drug-likeness (QED) is 0.903. The number of hydrogen-bond donors (Lipinski definition) is 2. The Morgan fingerprint density at radius 2 is 1.88 bits per heavy atom. The average Bonchev–Trinajstić information content (AvgIpc) is 2.62. The summed E-state index contributed by atoms with van der Waals surface area (Å²) in [5, 5.41) is 2.99. The fourth-order valence-electron chi connectivity index (χ4n) is 3.04. The summed E-state index contributed by atoms with van der Waals surface area (Å²) in [4.78, 5) is 14.8. The molecule has 1 saturated heterocycles. The third-order valence-corrected chi connectivity index (χ3v) is 4.70. The van der Waals surface area contributed by atoms with E-state index in [0.29, 0.717) is 12.1 Å². The lowest BCUT2D eigenvalue weighted by molar-refractivity contribution is 0.102. The zero-order valence-electron chi connectivity index (χ0n) is 14.2. The SMILES string of the molecule is CC1CCN(c2cccc(NC(=O)c3ccc(CN)cc3)c2)CC1. The second kappa shape index (κ2) is 7.49. The van der Waals surface area contributed by atoms with Gasteiger partial charge in [0.25, 0.3) is 5.91 Å². The molecule has 2 aromatic rings. The first-order valence-electron chi connectivity index (χ1n) is 8.61. The lowest BCUT2D eigenvalue weighted by atomic mass is 9.99. The van der Waals surface area contributed by atoms with Crippen LogP contribution in [-0.4, -0.2) is 19.0 Å². The Morgan fingerprint density at radius 3 is 2.54 bits per heavy atom. The fraction of sp³-hybridized carbons (Fsp3) is 0.350. The van der Waals surface area contributed by atoms with Crippen LogP contribution in [0, 0.1) is 5.92 Å². The van der Waals surface area contributed by atoms with Gasteiger partial charge in [-0.15, -0.1) is 0 Å². The minimum atomic E-state index is -0.0945. The van der Waals surface area contributed by atoms with Crippen LogP contribution in [0.1, 0.15) is 35.7 Å². The van der Waals surface area contributed by atoms with Gasteiger partial charge in [0, 0.05) is 36.6 Å². The lowest BCUT2D eigenvalue weighted by Gasteiger charge is -2.32. The molecule has 0 unspecified atom stereocenters. The summed E-state index contributed by atoms with van der Waals surface area (Å²) in [6, 6.07) is 15.5. The third-order valence-electron chi connectivity index (χ3n) is 4.70. The van der Waals surface area contributed by atoms with Crippen molar-refractivity contribution in [2.75, 3.05) is 23.3 Å². The average molecular weight is 323 g/mol. The van der Waals surface area contributed by atoms with Crippen LogP contribution < -0.4 is 16.0 Å². The van der Waals surface area contributed by atoms with Gasteiger partial charge in [0.1, 0.15) is 0 Å². The topological polar surface area (TPSA) is 58.4 Å². The molecule has 0 aromatic heterocycles. The summed E-state index contributed by atoms with van der Waals surface area (Å²) in [6.07, 6.45) is 2.45. The molecule has 1 amide bonds. The molecule has 3 N–H and O–H groups in total. The number of nitrogens with two attached hydrogens (primary N) is 1. The minimum Gasteiger partial charge on any atom is -0.371 e. The van der Waals surface area contributed by atoms with Gasteiger partial charge < -0.3 is 16.0 Å². The standard InChI is InChI=1S/C20H25N3O/c1-15-9-11-23(12-10-15)19-4-2-3-18(13-19)22-20(24)17-7-5-16(14-21)6-8-17/h2-8,13,15H,9-12,14,21H2,1H3,(H,22,24). The van der Waals surface area contributed by atoms with E-state index in [1.54, 1.807) is 0 Å². The molecule has 0 atom stereocenters. The van der Waals surface area contributed by atoms with Crippen LogP contribution in [0.25, 0.3) is 0 Å². The Hall–Kier alpha value is -2.33. The molecule has 1 aliphatic heterocycles. The van der Waals surface area contributed by atoms with Crippen LogP contribution >= 0.6 is 0 Å². The Bertz CT molecular complexity index is 688. The van der Waals surface area contributed by atoms with Crippen molar-refractivity contribution in [2.24, 2.45) is 11.7 Å². The van der Waals surface area contributed by atoms with Gasteiger partial charge in [0.2, 0.25) is 0 Å². The highest BCUT2D eigenvalue weighted by molar-refractivity contribution is 6.04. The molecule has 1 heterocycles. The van der Waals surface area contributed by atoms with Gasteiger partial charge in [-0.05, 0) is 54.7 Å². The van der Waals surface area contributed by atoms with E-state index in [1.165, 1.54) is 18.5 Å². The number of nitrogens with zero attached hydrogens (tertiary/aromatic N) is 1. The first kappa shape index (κ1) is 16.5. The number of benzene rings is 2. The predicted octanol–water partition coefficient (Wildman–Crippen LogP) is 3.63. The molecule has 3 rings (SSSR count). The predicted molar refractivity (Wildman–Crippen MR) is 99.3 cm³/mol. The van der Waals surface area contributed by atoms with Crippen molar-refractivity contribution in [3.05, 3.63) is 59.7 Å². The Balaban J connectivity index is 1.68. The monoisotopic (exact) mass is 323 g/mol. The molecule has 0 saturated carbocycles. The Labute approximate surface area is 143 Å². The molecule has 4 heteroatoms. The number of nitrogens with one attached hydrogen (secondary N) is 1. The van der Waals surface area contributed by atoms with Gasteiger partial charge in [0.05, 0.1) is 0 Å². The molecule has 1 fully saturated rings. The highest BCUT2D eigenvalue weighted by Gasteiger charge is 2.16. The number of carbonyl (C=O) groups is 1. The molecule has 0 spiro atoms. The number of anilines is 2. The van der Waals surface area contributed by atoms with Crippen molar-refractivity contribution in [2.45, 2.75) is 26.3 Å². The van der Waals surface area contributed by atoms with E-state index in [-0.39, 0.29) is 5.91 Å². The van der Waals surface area contributed by atoms with Crippen molar-refractivity contribution < 1.29 is 4.79 Å². The molecule has 0 radical (unpaired) electrons. The van der Waals surface area contributed by atoms with Gasteiger partial charge in [0.15, 0.2) is 0 Å². The summed E-state index contributed by atoms with van der Waals surface area (Å²) >= 11 is 0. The zero-order valence-corrected chi connectivity index (χ0v) is 14.2. The van der Waals surface area contributed by atoms with Crippen LogP contribution in [0.5, 0.6) is 0 Å². The van der Waals surface area contributed by atoms with Gasteiger partial charge in [-0.2, -0.15) is 0 Å². The highest BCUT2D eigenvalue weighted by Crippen LogP contribution is 2.25. The minimum absolute atomic E-state index is 0.0945. The number of hydrogen-bond acceptors (Lipinski definition) is 3. The zero-order chi connectivity index (χ0) is 16.9. The van der Waals surface area contributed by atoms with E-state index in [2.05, 4.69) is 29.3 Å². The van der Waals surface area contributed by atoms with Gasteiger partial charge >= 0.3 is 0 Å². The first-order valence-corrected chi connectivity index (χ1v) is 8.61. The number of amides is 1. The molecular formula is C20H25N3O. The van der Waals surface area contributed by atoms with Crippen LogP contribution in [0.2, 0.25) is 0 Å². The van der Waals surface area contributed by atoms with Crippen molar-refractivity contribution in [3.63, 3.8) is 0 Å². The first-order chi connectivity index (χ1) is 11.7. The smallest absolute Gasteiger partial charge is 0.255 e. The van der Waals surface area contributed by atoms with E-state index < -0.39 is 0 Å². The van der Waals surface area contributed by atoms with E-state index in [1.807, 2.05) is 36.4 Å². The van der Waals surface area contributed by atoms with Crippen molar-refractivity contribution in [3.8, 4) is 0 Å². The second-order valence-electron chi connectivity index (χ2n) is 6.58. The van der Waals surface area contributed by atoms with E-state index >= 15 is 0 Å². The van der Waals surface area contributed by atoms with Crippen LogP contribution in [0.15, 0.2) is 48.5 Å². The molecule has 2 aromatic carbocycles. The highest BCUT2D eigenvalue weighted by atomic mass is 16.1. The summed E-state index contributed by atoms with van der Waals surface area (Å²) in [5.41, 5.74) is 9.27. The lowest BCUT2D eigenvalue weighted by Crippen LogP contribution is -2.32. The van der Waals surface area contributed by atoms with E-state index in [9.17, 15) is 4.79 Å². The van der Waals surface area contributed by atoms with Crippen molar-refractivity contribution in [1.82, 2.24) is 0 Å². The molecule has 0 bridgehead atoms. The maximum atomic E-state index is 12.4. The van der Waals surface area contributed by atoms with Gasteiger partial charge in [-0.3, -0.25) is 4.79 Å². The van der Waals surface area contributed by atoms with Gasteiger partial charge in [-0.1, -0.05) is 25.1 Å². The number of piperidine rings is 1. The summed E-state index contributed by atoms with van der Waals surface area (Å²) < 4.78 is 0. The van der Waals surface area contributed by atoms with Crippen LogP contribution in [-0.2, 0) is 6.54 Å². The van der Waals surface area contributed by atoms with Crippen molar-refractivity contribution in [1.29, 1.82) is 0 Å². The van der Waals surface area contributed by atoms with E-state index in [0.717, 1.165) is 30.3 Å². The van der Waals surface area contributed by atoms with Gasteiger partial charge in [-0.25, -0.2) is 0 Å². The maximum Gasteiger partial charge on any atom is 0.255 e. The summed E-state index contributed by atoms with van der Waals surface area (Å²) in [7, 11) is 0. The molecular weight excluding hydrogens is 298 g/mol. The summed E-state index contributed by atoms with van der Waals surface area (Å²) in [6.45, 7) is 4.96. The van der Waals surface area contributed by atoms with E-state index in [4.69, 9.17) is 5.73 Å².